The van der Waals surface area contributed by atoms with E-state index in [1.165, 1.54) is 0 Å². The van der Waals surface area contributed by atoms with Crippen LogP contribution >= 0.6 is 0 Å². The van der Waals surface area contributed by atoms with E-state index in [1.54, 1.807) is 16.8 Å². The smallest absolute Gasteiger partial charge is 0.226 e. The molecule has 2 fully saturated rings. The van der Waals surface area contributed by atoms with Gasteiger partial charge in [-0.2, -0.15) is 5.10 Å². The number of hydrogen-bond acceptors (Lipinski definition) is 5. The predicted octanol–water partition coefficient (Wildman–Crippen LogP) is 0.871. The molecular formula is C17H27N5O3. The molecule has 0 radical (unpaired) electrons. The molecule has 3 heterocycles. The number of aromatic nitrogens is 3. The van der Waals surface area contributed by atoms with Gasteiger partial charge in [-0.3, -0.25) is 14.7 Å². The number of nitrogens with one attached hydrogen (secondary N) is 1. The molecule has 0 bridgehead atoms. The summed E-state index contributed by atoms with van der Waals surface area (Å²) in [5, 5.41) is 7.22. The van der Waals surface area contributed by atoms with Crippen LogP contribution in [0.15, 0.2) is 0 Å². The molecule has 2 saturated heterocycles. The summed E-state index contributed by atoms with van der Waals surface area (Å²) in [5.74, 6) is 1.25. The minimum Gasteiger partial charge on any atom is -0.367 e. The molecule has 2 atom stereocenters. The molecule has 138 valence electrons. The lowest BCUT2D eigenvalue weighted by Crippen LogP contribution is -2.48. The number of H-pyrrole nitrogens is 1. The Labute approximate surface area is 147 Å². The van der Waals surface area contributed by atoms with E-state index in [0.29, 0.717) is 38.5 Å². The van der Waals surface area contributed by atoms with Crippen molar-refractivity contribution in [3.8, 4) is 0 Å². The topological polar surface area (TPSA) is 91.4 Å². The monoisotopic (exact) mass is 349 g/mol. The predicted molar refractivity (Wildman–Crippen MR) is 90.7 cm³/mol. The summed E-state index contributed by atoms with van der Waals surface area (Å²) in [6.07, 6.45) is 0.719. The number of amides is 2. The van der Waals surface area contributed by atoms with Crippen LogP contribution in [0.3, 0.4) is 0 Å². The number of ether oxygens (including phenoxy) is 1. The summed E-state index contributed by atoms with van der Waals surface area (Å²) in [7, 11) is 1.78. The van der Waals surface area contributed by atoms with Crippen molar-refractivity contribution in [1.82, 2.24) is 25.0 Å². The molecule has 25 heavy (non-hydrogen) atoms. The van der Waals surface area contributed by atoms with Gasteiger partial charge in [0.25, 0.3) is 0 Å². The van der Waals surface area contributed by atoms with Crippen molar-refractivity contribution < 1.29 is 14.3 Å². The number of morpholine rings is 1. The second-order valence-electron chi connectivity index (χ2n) is 7.94. The summed E-state index contributed by atoms with van der Waals surface area (Å²) in [6, 6.07) is 0. The van der Waals surface area contributed by atoms with Gasteiger partial charge >= 0.3 is 0 Å². The maximum Gasteiger partial charge on any atom is 0.226 e. The fourth-order valence-corrected chi connectivity index (χ4v) is 3.18. The zero-order valence-corrected chi connectivity index (χ0v) is 15.4. The van der Waals surface area contributed by atoms with Gasteiger partial charge in [-0.05, 0) is 6.42 Å². The summed E-state index contributed by atoms with van der Waals surface area (Å²) in [5.41, 5.74) is -0.145. The third-order valence-corrected chi connectivity index (χ3v) is 4.87. The van der Waals surface area contributed by atoms with Crippen LogP contribution in [-0.2, 0) is 19.7 Å². The number of aromatic amines is 1. The molecule has 1 aromatic heterocycles. The van der Waals surface area contributed by atoms with Crippen LogP contribution in [0.4, 0.5) is 0 Å². The molecule has 1 aromatic rings. The van der Waals surface area contributed by atoms with Gasteiger partial charge in [0.15, 0.2) is 11.6 Å². The Morgan fingerprint density at radius 2 is 2.08 bits per heavy atom. The van der Waals surface area contributed by atoms with E-state index in [2.05, 4.69) is 36.0 Å². The van der Waals surface area contributed by atoms with Crippen molar-refractivity contribution in [2.75, 3.05) is 33.3 Å². The number of carbonyl (C=O) groups is 2. The van der Waals surface area contributed by atoms with Crippen molar-refractivity contribution in [3.63, 3.8) is 0 Å². The highest BCUT2D eigenvalue weighted by molar-refractivity contribution is 5.87. The summed E-state index contributed by atoms with van der Waals surface area (Å²) in [4.78, 5) is 32.7. The number of likely N-dealkylation sites (tertiary alicyclic amines) is 1. The normalized spacial score (nSPS) is 25.4. The molecule has 2 aliphatic rings. The Bertz CT molecular complexity index is 651. The Morgan fingerprint density at radius 1 is 1.32 bits per heavy atom. The first kappa shape index (κ1) is 17.8. The second kappa shape index (κ2) is 6.74. The van der Waals surface area contributed by atoms with Gasteiger partial charge in [0.05, 0.1) is 13.2 Å². The Balaban J connectivity index is 1.66. The van der Waals surface area contributed by atoms with Gasteiger partial charge in [0.2, 0.25) is 11.8 Å². The first-order valence-electron chi connectivity index (χ1n) is 8.83. The average molecular weight is 349 g/mol. The highest BCUT2D eigenvalue weighted by atomic mass is 16.5. The minimum atomic E-state index is -0.303. The molecule has 0 aliphatic carbocycles. The van der Waals surface area contributed by atoms with Crippen molar-refractivity contribution in [1.29, 1.82) is 0 Å². The van der Waals surface area contributed by atoms with Crippen molar-refractivity contribution in [2.24, 2.45) is 5.92 Å². The fraction of sp³-hybridized carbons (Fsp3) is 0.765. The maximum absolute atomic E-state index is 12.8. The lowest BCUT2D eigenvalue weighted by Gasteiger charge is -2.36. The van der Waals surface area contributed by atoms with E-state index >= 15 is 0 Å². The van der Waals surface area contributed by atoms with Crippen LogP contribution < -0.4 is 0 Å². The van der Waals surface area contributed by atoms with Crippen LogP contribution in [0.1, 0.15) is 51.4 Å². The van der Waals surface area contributed by atoms with E-state index in [-0.39, 0.29) is 29.3 Å². The first-order chi connectivity index (χ1) is 11.8. The van der Waals surface area contributed by atoms with Gasteiger partial charge in [-0.15, -0.1) is 0 Å². The number of carbonyl (C=O) groups excluding carboxylic acids is 2. The van der Waals surface area contributed by atoms with Crippen LogP contribution in [-0.4, -0.2) is 70.1 Å². The maximum atomic E-state index is 12.8. The van der Waals surface area contributed by atoms with Crippen LogP contribution in [0.5, 0.6) is 0 Å². The molecular weight excluding hydrogens is 322 g/mol. The summed E-state index contributed by atoms with van der Waals surface area (Å²) in [6.45, 7) is 8.24. The fourth-order valence-electron chi connectivity index (χ4n) is 3.18. The highest BCUT2D eigenvalue weighted by Gasteiger charge is 2.35. The number of piperidine rings is 1. The Morgan fingerprint density at radius 3 is 2.72 bits per heavy atom. The SMILES string of the molecule is CN1CC[C@H](C(=O)N2CCO[C@@H](c3nc(C(C)(C)C)n[nH]3)C2)CC1=O. The van der Waals surface area contributed by atoms with E-state index in [4.69, 9.17) is 4.74 Å². The van der Waals surface area contributed by atoms with Crippen molar-refractivity contribution in [2.45, 2.75) is 45.1 Å². The van der Waals surface area contributed by atoms with Crippen LogP contribution in [0.25, 0.3) is 0 Å². The number of nitrogens with zero attached hydrogens (tertiary/aromatic N) is 4. The molecule has 8 heteroatoms. The Kier molecular flexibility index (Phi) is 4.81. The van der Waals surface area contributed by atoms with E-state index in [1.807, 2.05) is 0 Å². The average Bonchev–Trinajstić information content (AvgIpc) is 3.07. The first-order valence-corrected chi connectivity index (χ1v) is 8.83. The van der Waals surface area contributed by atoms with Gasteiger partial charge < -0.3 is 14.5 Å². The van der Waals surface area contributed by atoms with Crippen molar-refractivity contribution >= 4 is 11.8 Å². The Hall–Kier alpha value is -1.96. The summed E-state index contributed by atoms with van der Waals surface area (Å²) >= 11 is 0. The lowest BCUT2D eigenvalue weighted by atomic mass is 9.94. The number of hydrogen-bond donors (Lipinski definition) is 1. The second-order valence-corrected chi connectivity index (χ2v) is 7.94. The highest BCUT2D eigenvalue weighted by Crippen LogP contribution is 2.26. The number of rotatable bonds is 2. The van der Waals surface area contributed by atoms with E-state index in [0.717, 1.165) is 12.2 Å². The van der Waals surface area contributed by atoms with Gasteiger partial charge in [-0.25, -0.2) is 4.98 Å². The summed E-state index contributed by atoms with van der Waals surface area (Å²) < 4.78 is 5.79. The minimum absolute atomic E-state index is 0.0412. The molecule has 0 saturated carbocycles. The molecule has 1 N–H and O–H groups in total. The van der Waals surface area contributed by atoms with Crippen molar-refractivity contribution in [3.05, 3.63) is 11.6 Å². The largest absolute Gasteiger partial charge is 0.367 e. The lowest BCUT2D eigenvalue weighted by molar-refractivity contribution is -0.149. The quantitative estimate of drug-likeness (QED) is 0.855. The molecule has 8 nitrogen and oxygen atoms in total. The third-order valence-electron chi connectivity index (χ3n) is 4.87. The van der Waals surface area contributed by atoms with Crippen LogP contribution in [0.2, 0.25) is 0 Å². The molecule has 0 unspecified atom stereocenters. The van der Waals surface area contributed by atoms with Crippen LogP contribution in [0, 0.1) is 5.92 Å². The standard InChI is InChI=1S/C17H27N5O3/c1-17(2,3)16-18-14(19-20-16)12-10-22(7-8-25-12)15(24)11-5-6-21(4)13(23)9-11/h11-12H,5-10H2,1-4H3,(H,18,19,20)/t11-,12+/m0/s1. The van der Waals surface area contributed by atoms with Gasteiger partial charge in [-0.1, -0.05) is 20.8 Å². The molecule has 0 aromatic carbocycles. The molecule has 3 rings (SSSR count). The van der Waals surface area contributed by atoms with E-state index in [9.17, 15) is 9.59 Å². The van der Waals surface area contributed by atoms with Gasteiger partial charge in [0.1, 0.15) is 6.10 Å². The van der Waals surface area contributed by atoms with E-state index < -0.39 is 0 Å². The molecule has 2 amide bonds. The van der Waals surface area contributed by atoms with Gasteiger partial charge in [0, 0.05) is 37.9 Å². The molecule has 0 spiro atoms. The zero-order chi connectivity index (χ0) is 18.2. The third kappa shape index (κ3) is 3.84. The zero-order valence-electron chi connectivity index (χ0n) is 15.4. The molecule has 2 aliphatic heterocycles.